The van der Waals surface area contributed by atoms with Crippen molar-refractivity contribution in [1.82, 2.24) is 4.37 Å². The maximum absolute atomic E-state index is 11.8. The molecule has 0 spiro atoms. The lowest BCUT2D eigenvalue weighted by atomic mass is 9.95. The Morgan fingerprint density at radius 2 is 1.93 bits per heavy atom. The lowest BCUT2D eigenvalue weighted by Crippen LogP contribution is -2.19. The summed E-state index contributed by atoms with van der Waals surface area (Å²) in [7, 11) is 0. The van der Waals surface area contributed by atoms with Crippen molar-refractivity contribution in [1.29, 1.82) is 0 Å². The van der Waals surface area contributed by atoms with Crippen LogP contribution in [-0.4, -0.2) is 17.2 Å². The summed E-state index contributed by atoms with van der Waals surface area (Å²) in [5, 5.41) is 0. The number of ether oxygens (including phenoxy) is 1. The molecule has 0 aliphatic carbocycles. The maximum Gasteiger partial charge on any atom is 0.422 e. The van der Waals surface area contributed by atoms with Crippen LogP contribution < -0.4 is 4.74 Å². The number of rotatable bonds is 2. The monoisotopic (exact) mass is 239 g/mol. The van der Waals surface area contributed by atoms with Gasteiger partial charge < -0.3 is 4.74 Å². The summed E-state index contributed by atoms with van der Waals surface area (Å²) in [6.45, 7) is 4.61. The SMILES string of the molecule is CC(C)(C)c1cc(OCC(F)(F)F)ns1. The number of hydrogen-bond acceptors (Lipinski definition) is 3. The molecule has 1 aromatic rings. The maximum atomic E-state index is 11.8. The van der Waals surface area contributed by atoms with Gasteiger partial charge in [0, 0.05) is 10.9 Å². The fourth-order valence-corrected chi connectivity index (χ4v) is 1.56. The van der Waals surface area contributed by atoms with Crippen molar-refractivity contribution in [3.8, 4) is 5.88 Å². The number of hydrogen-bond donors (Lipinski definition) is 0. The molecule has 1 rings (SSSR count). The van der Waals surface area contributed by atoms with E-state index in [-0.39, 0.29) is 11.3 Å². The van der Waals surface area contributed by atoms with E-state index in [1.807, 2.05) is 20.8 Å². The molecule has 0 unspecified atom stereocenters. The van der Waals surface area contributed by atoms with Crippen molar-refractivity contribution in [2.24, 2.45) is 0 Å². The molecule has 0 bridgehead atoms. The van der Waals surface area contributed by atoms with Gasteiger partial charge in [-0.05, 0) is 16.9 Å². The van der Waals surface area contributed by atoms with Crippen LogP contribution in [0.3, 0.4) is 0 Å². The number of alkyl halides is 3. The predicted molar refractivity (Wildman–Crippen MR) is 52.4 cm³/mol. The fraction of sp³-hybridized carbons (Fsp3) is 0.667. The molecule has 0 N–H and O–H groups in total. The lowest BCUT2D eigenvalue weighted by molar-refractivity contribution is -0.153. The van der Waals surface area contributed by atoms with Gasteiger partial charge >= 0.3 is 6.18 Å². The summed E-state index contributed by atoms with van der Waals surface area (Å²) in [4.78, 5) is 0.902. The van der Waals surface area contributed by atoms with Crippen LogP contribution in [0.4, 0.5) is 13.2 Å². The van der Waals surface area contributed by atoms with Gasteiger partial charge in [-0.3, -0.25) is 0 Å². The minimum Gasteiger partial charge on any atom is -0.467 e. The summed E-state index contributed by atoms with van der Waals surface area (Å²) < 4.78 is 43.8. The second kappa shape index (κ2) is 4.00. The van der Waals surface area contributed by atoms with Crippen LogP contribution in [0, 0.1) is 0 Å². The van der Waals surface area contributed by atoms with E-state index >= 15 is 0 Å². The first-order chi connectivity index (χ1) is 6.68. The van der Waals surface area contributed by atoms with Gasteiger partial charge in [-0.25, -0.2) is 0 Å². The summed E-state index contributed by atoms with van der Waals surface area (Å²) in [6.07, 6.45) is -4.31. The van der Waals surface area contributed by atoms with Crippen LogP contribution >= 0.6 is 11.5 Å². The largest absolute Gasteiger partial charge is 0.467 e. The molecular formula is C9H12F3NOS. The van der Waals surface area contributed by atoms with Gasteiger partial charge in [-0.15, -0.1) is 0 Å². The van der Waals surface area contributed by atoms with E-state index in [2.05, 4.69) is 9.11 Å². The summed E-state index contributed by atoms with van der Waals surface area (Å²) in [6, 6.07) is 1.55. The van der Waals surface area contributed by atoms with Crippen molar-refractivity contribution >= 4 is 11.5 Å². The molecule has 86 valence electrons. The molecule has 1 heterocycles. The molecule has 6 heteroatoms. The first-order valence-corrected chi connectivity index (χ1v) is 5.12. The van der Waals surface area contributed by atoms with Gasteiger partial charge in [0.15, 0.2) is 6.61 Å². The number of halogens is 3. The molecule has 0 saturated heterocycles. The van der Waals surface area contributed by atoms with E-state index in [9.17, 15) is 13.2 Å². The minimum absolute atomic E-state index is 0.0438. The molecule has 0 aliphatic rings. The molecule has 0 aromatic carbocycles. The number of nitrogens with zero attached hydrogens (tertiary/aromatic N) is 1. The summed E-state index contributed by atoms with van der Waals surface area (Å²) in [5.74, 6) is 0.0438. The van der Waals surface area contributed by atoms with Crippen LogP contribution in [0.5, 0.6) is 5.88 Å². The number of aromatic nitrogens is 1. The molecule has 2 nitrogen and oxygen atoms in total. The van der Waals surface area contributed by atoms with E-state index in [1.54, 1.807) is 6.07 Å². The highest BCUT2D eigenvalue weighted by Gasteiger charge is 2.29. The van der Waals surface area contributed by atoms with Gasteiger partial charge in [-0.1, -0.05) is 20.8 Å². The fourth-order valence-electron chi connectivity index (χ4n) is 0.836. The first-order valence-electron chi connectivity index (χ1n) is 4.35. The Morgan fingerprint density at radius 1 is 1.33 bits per heavy atom. The zero-order valence-corrected chi connectivity index (χ0v) is 9.50. The van der Waals surface area contributed by atoms with E-state index in [0.29, 0.717) is 0 Å². The molecule has 0 radical (unpaired) electrons. The second-order valence-corrected chi connectivity index (χ2v) is 4.99. The Bertz CT molecular complexity index is 327. The summed E-state index contributed by atoms with van der Waals surface area (Å²) >= 11 is 1.16. The van der Waals surface area contributed by atoms with Gasteiger partial charge in [-0.2, -0.15) is 17.5 Å². The minimum atomic E-state index is -4.31. The molecular weight excluding hydrogens is 227 g/mol. The quantitative estimate of drug-likeness (QED) is 0.789. The molecule has 0 saturated carbocycles. The molecule has 0 atom stereocenters. The zero-order chi connectivity index (χ0) is 11.7. The van der Waals surface area contributed by atoms with Crippen LogP contribution in [0.1, 0.15) is 25.6 Å². The average Bonchev–Trinajstić information content (AvgIpc) is 2.45. The first kappa shape index (κ1) is 12.3. The van der Waals surface area contributed by atoms with Gasteiger partial charge in [0.2, 0.25) is 5.88 Å². The third kappa shape index (κ3) is 4.07. The van der Waals surface area contributed by atoms with Crippen LogP contribution in [0.2, 0.25) is 0 Å². The summed E-state index contributed by atoms with van der Waals surface area (Å²) in [5.41, 5.74) is -0.114. The van der Waals surface area contributed by atoms with Crippen molar-refractivity contribution in [3.63, 3.8) is 0 Å². The average molecular weight is 239 g/mol. The van der Waals surface area contributed by atoms with E-state index in [0.717, 1.165) is 16.4 Å². The molecule has 1 aromatic heterocycles. The normalized spacial score (nSPS) is 12.9. The lowest BCUT2D eigenvalue weighted by Gasteiger charge is -2.14. The Balaban J connectivity index is 2.62. The second-order valence-electron chi connectivity index (χ2n) is 4.18. The zero-order valence-electron chi connectivity index (χ0n) is 8.68. The van der Waals surface area contributed by atoms with Gasteiger partial charge in [0.25, 0.3) is 0 Å². The highest BCUT2D eigenvalue weighted by Crippen LogP contribution is 2.29. The predicted octanol–water partition coefficient (Wildman–Crippen LogP) is 3.38. The topological polar surface area (TPSA) is 22.1 Å². The third-order valence-corrected chi connectivity index (χ3v) is 2.81. The highest BCUT2D eigenvalue weighted by atomic mass is 32.1. The van der Waals surface area contributed by atoms with Crippen molar-refractivity contribution in [2.75, 3.05) is 6.61 Å². The standard InChI is InChI=1S/C9H12F3NOS/c1-8(2,3)6-4-7(13-15-6)14-5-9(10,11)12/h4H,5H2,1-3H3. The van der Waals surface area contributed by atoms with E-state index in [1.165, 1.54) is 0 Å². The smallest absolute Gasteiger partial charge is 0.422 e. The van der Waals surface area contributed by atoms with Crippen molar-refractivity contribution in [3.05, 3.63) is 10.9 Å². The molecule has 0 aliphatic heterocycles. The third-order valence-electron chi connectivity index (χ3n) is 1.61. The van der Waals surface area contributed by atoms with Crippen molar-refractivity contribution in [2.45, 2.75) is 32.4 Å². The van der Waals surface area contributed by atoms with Gasteiger partial charge in [0.05, 0.1) is 0 Å². The highest BCUT2D eigenvalue weighted by molar-refractivity contribution is 7.06. The molecule has 0 amide bonds. The Hall–Kier alpha value is -0.780. The Morgan fingerprint density at radius 3 is 2.33 bits per heavy atom. The molecule has 0 fully saturated rings. The molecule has 15 heavy (non-hydrogen) atoms. The van der Waals surface area contributed by atoms with E-state index < -0.39 is 12.8 Å². The van der Waals surface area contributed by atoms with Crippen LogP contribution in [0.15, 0.2) is 6.07 Å². The van der Waals surface area contributed by atoms with E-state index in [4.69, 9.17) is 0 Å². The van der Waals surface area contributed by atoms with Crippen LogP contribution in [0.25, 0.3) is 0 Å². The van der Waals surface area contributed by atoms with Gasteiger partial charge in [0.1, 0.15) is 0 Å². The Kier molecular flexibility index (Phi) is 3.28. The van der Waals surface area contributed by atoms with Crippen molar-refractivity contribution < 1.29 is 17.9 Å². The van der Waals surface area contributed by atoms with Crippen LogP contribution in [-0.2, 0) is 5.41 Å². The Labute approximate surface area is 90.2 Å².